The van der Waals surface area contributed by atoms with E-state index in [0.717, 1.165) is 54.3 Å². The van der Waals surface area contributed by atoms with Gasteiger partial charge in [0, 0.05) is 41.9 Å². The van der Waals surface area contributed by atoms with E-state index in [1.807, 2.05) is 41.3 Å². The number of aliphatic imine (C=N–C) groups is 2. The highest BCUT2D eigenvalue weighted by Crippen LogP contribution is 2.30. The highest BCUT2D eigenvalue weighted by Gasteiger charge is 2.21. The van der Waals surface area contributed by atoms with Gasteiger partial charge in [-0.3, -0.25) is 9.79 Å². The maximum absolute atomic E-state index is 13.1. The second kappa shape index (κ2) is 9.16. The molecule has 0 unspecified atom stereocenters. The predicted octanol–water partition coefficient (Wildman–Crippen LogP) is 4.48. The van der Waals surface area contributed by atoms with Crippen LogP contribution in [0.15, 0.2) is 58.0 Å². The number of nitrogens with one attached hydrogen (secondary N) is 1. The van der Waals surface area contributed by atoms with Crippen LogP contribution in [0.1, 0.15) is 49.8 Å². The Morgan fingerprint density at radius 2 is 1.90 bits per heavy atom. The van der Waals surface area contributed by atoms with Gasteiger partial charge in [-0.1, -0.05) is 44.2 Å². The van der Waals surface area contributed by atoms with Crippen molar-refractivity contribution >= 4 is 35.0 Å². The van der Waals surface area contributed by atoms with Crippen LogP contribution >= 0.6 is 0 Å². The van der Waals surface area contributed by atoms with Crippen LogP contribution in [0.3, 0.4) is 0 Å². The van der Waals surface area contributed by atoms with Crippen LogP contribution in [0.5, 0.6) is 0 Å². The van der Waals surface area contributed by atoms with Crippen molar-refractivity contribution in [2.75, 3.05) is 18.4 Å². The van der Waals surface area contributed by atoms with E-state index in [0.29, 0.717) is 24.4 Å². The zero-order valence-electron chi connectivity index (χ0n) is 18.2. The number of hydrogen-bond donors (Lipinski definition) is 2. The van der Waals surface area contributed by atoms with Crippen LogP contribution in [0.25, 0.3) is 6.08 Å². The minimum Gasteiger partial charge on any atom is -0.387 e. The minimum absolute atomic E-state index is 0.0497. The van der Waals surface area contributed by atoms with Gasteiger partial charge in [0.2, 0.25) is 5.91 Å². The summed E-state index contributed by atoms with van der Waals surface area (Å²) in [5, 5.41) is 3.41. The first-order valence-electron chi connectivity index (χ1n) is 11.0. The summed E-state index contributed by atoms with van der Waals surface area (Å²) in [6, 6.07) is 14.2. The number of hydrogen-bond acceptors (Lipinski definition) is 5. The van der Waals surface area contributed by atoms with Crippen molar-refractivity contribution in [3.05, 3.63) is 64.7 Å². The molecule has 0 atom stereocenters. The highest BCUT2D eigenvalue weighted by molar-refractivity contribution is 6.11. The third kappa shape index (κ3) is 4.53. The molecule has 160 valence electrons. The normalized spacial score (nSPS) is 14.8. The van der Waals surface area contributed by atoms with Gasteiger partial charge >= 0.3 is 0 Å². The van der Waals surface area contributed by atoms with Crippen molar-refractivity contribution in [2.24, 2.45) is 15.7 Å². The quantitative estimate of drug-likeness (QED) is 0.729. The molecular formula is C25H29N5O. The molecule has 0 saturated carbocycles. The monoisotopic (exact) mass is 415 g/mol. The van der Waals surface area contributed by atoms with Crippen LogP contribution in [0.2, 0.25) is 0 Å². The third-order valence-corrected chi connectivity index (χ3v) is 5.50. The van der Waals surface area contributed by atoms with E-state index in [9.17, 15) is 4.79 Å². The smallest absolute Gasteiger partial charge is 0.250 e. The molecule has 1 amide bonds. The summed E-state index contributed by atoms with van der Waals surface area (Å²) in [6.07, 6.45) is 4.16. The molecule has 6 nitrogen and oxygen atoms in total. The Balaban J connectivity index is 1.63. The third-order valence-electron chi connectivity index (χ3n) is 5.50. The standard InChI is InChI=1S/C25H29N5O/c1-3-11-30(12-4-2)25(31)20-13-17-9-10-18(14-22(17)28-23(26)15-20)24-27-16-19-7-5-6-8-21(19)29-24/h5-10,13-14H,3-4,11-12,15-16H2,1-2H3,(H2,26,28)(H,27,29). The van der Waals surface area contributed by atoms with Gasteiger partial charge in [0.25, 0.3) is 0 Å². The number of rotatable bonds is 6. The van der Waals surface area contributed by atoms with Crippen LogP contribution in [0.4, 0.5) is 11.4 Å². The predicted molar refractivity (Wildman–Crippen MR) is 128 cm³/mol. The summed E-state index contributed by atoms with van der Waals surface area (Å²) in [6.45, 7) is 6.32. The van der Waals surface area contributed by atoms with Gasteiger partial charge in [-0.25, -0.2) is 4.99 Å². The number of amidine groups is 2. The van der Waals surface area contributed by atoms with Crippen molar-refractivity contribution in [3.8, 4) is 0 Å². The Kier molecular flexibility index (Phi) is 6.16. The maximum atomic E-state index is 13.1. The molecule has 0 aromatic heterocycles. The van der Waals surface area contributed by atoms with E-state index in [4.69, 9.17) is 5.73 Å². The number of benzene rings is 2. The lowest BCUT2D eigenvalue weighted by Crippen LogP contribution is -2.34. The van der Waals surface area contributed by atoms with Crippen LogP contribution in [-0.4, -0.2) is 35.6 Å². The molecular weight excluding hydrogens is 386 g/mol. The van der Waals surface area contributed by atoms with E-state index in [1.54, 1.807) is 0 Å². The summed E-state index contributed by atoms with van der Waals surface area (Å²) in [7, 11) is 0. The number of fused-ring (bicyclic) bond motifs is 2. The topological polar surface area (TPSA) is 83.1 Å². The maximum Gasteiger partial charge on any atom is 0.250 e. The molecule has 2 aliphatic heterocycles. The van der Waals surface area contributed by atoms with Gasteiger partial charge in [0.05, 0.1) is 12.2 Å². The Morgan fingerprint density at radius 1 is 1.13 bits per heavy atom. The average molecular weight is 416 g/mol. The number of anilines is 1. The molecule has 6 heteroatoms. The molecule has 0 bridgehead atoms. The summed E-state index contributed by atoms with van der Waals surface area (Å²) >= 11 is 0. The largest absolute Gasteiger partial charge is 0.387 e. The Bertz CT molecular complexity index is 1080. The number of para-hydroxylation sites is 1. The first-order valence-corrected chi connectivity index (χ1v) is 11.0. The molecule has 0 spiro atoms. The lowest BCUT2D eigenvalue weighted by atomic mass is 10.0. The second-order valence-corrected chi connectivity index (χ2v) is 7.96. The molecule has 2 aliphatic rings. The van der Waals surface area contributed by atoms with Gasteiger partial charge in [0.1, 0.15) is 11.7 Å². The number of carbonyl (C=O) groups excluding carboxylic acids is 1. The molecule has 3 N–H and O–H groups in total. The molecule has 31 heavy (non-hydrogen) atoms. The van der Waals surface area contributed by atoms with Crippen molar-refractivity contribution in [2.45, 2.75) is 39.7 Å². The van der Waals surface area contributed by atoms with E-state index in [1.165, 1.54) is 5.56 Å². The van der Waals surface area contributed by atoms with E-state index in [-0.39, 0.29) is 5.91 Å². The summed E-state index contributed by atoms with van der Waals surface area (Å²) in [5.41, 5.74) is 11.8. The van der Waals surface area contributed by atoms with E-state index in [2.05, 4.69) is 41.3 Å². The zero-order chi connectivity index (χ0) is 21.8. The first kappa shape index (κ1) is 20.8. The lowest BCUT2D eigenvalue weighted by molar-refractivity contribution is -0.127. The Morgan fingerprint density at radius 3 is 2.68 bits per heavy atom. The van der Waals surface area contributed by atoms with E-state index >= 15 is 0 Å². The summed E-state index contributed by atoms with van der Waals surface area (Å²) < 4.78 is 0. The van der Waals surface area contributed by atoms with Crippen molar-refractivity contribution < 1.29 is 4.79 Å². The van der Waals surface area contributed by atoms with Crippen molar-refractivity contribution in [3.63, 3.8) is 0 Å². The average Bonchev–Trinajstić information content (AvgIpc) is 2.95. The van der Waals surface area contributed by atoms with Gasteiger partial charge in [-0.05, 0) is 36.6 Å². The Labute approximate surface area is 183 Å². The highest BCUT2D eigenvalue weighted by atomic mass is 16.2. The number of nitrogens with two attached hydrogens (primary N) is 1. The second-order valence-electron chi connectivity index (χ2n) is 7.96. The fourth-order valence-electron chi connectivity index (χ4n) is 4.01. The number of nitrogens with zero attached hydrogens (tertiary/aromatic N) is 3. The fourth-order valence-corrected chi connectivity index (χ4v) is 4.01. The van der Waals surface area contributed by atoms with Crippen LogP contribution in [-0.2, 0) is 11.3 Å². The van der Waals surface area contributed by atoms with Gasteiger partial charge in [-0.15, -0.1) is 0 Å². The summed E-state index contributed by atoms with van der Waals surface area (Å²) in [4.78, 5) is 24.4. The number of amides is 1. The van der Waals surface area contributed by atoms with Gasteiger partial charge < -0.3 is 16.0 Å². The van der Waals surface area contributed by atoms with Gasteiger partial charge in [-0.2, -0.15) is 0 Å². The fraction of sp³-hybridized carbons (Fsp3) is 0.320. The molecule has 2 aromatic rings. The molecule has 4 rings (SSSR count). The number of carbonyl (C=O) groups is 1. The molecule has 0 aliphatic carbocycles. The minimum atomic E-state index is 0.0497. The molecule has 2 aromatic carbocycles. The van der Waals surface area contributed by atoms with Crippen molar-refractivity contribution in [1.82, 2.24) is 4.90 Å². The van der Waals surface area contributed by atoms with E-state index < -0.39 is 0 Å². The lowest BCUT2D eigenvalue weighted by Gasteiger charge is -2.22. The molecule has 0 saturated heterocycles. The van der Waals surface area contributed by atoms with Gasteiger partial charge in [0.15, 0.2) is 0 Å². The zero-order valence-corrected chi connectivity index (χ0v) is 18.2. The summed E-state index contributed by atoms with van der Waals surface area (Å²) in [5.74, 6) is 1.32. The molecule has 0 radical (unpaired) electrons. The molecule has 0 fully saturated rings. The Hall–Kier alpha value is -3.41. The first-order chi connectivity index (χ1) is 15.1. The molecule has 2 heterocycles. The van der Waals surface area contributed by atoms with Crippen LogP contribution < -0.4 is 11.1 Å². The van der Waals surface area contributed by atoms with Crippen LogP contribution in [0, 0.1) is 0 Å². The van der Waals surface area contributed by atoms with Crippen molar-refractivity contribution in [1.29, 1.82) is 0 Å². The SMILES string of the molecule is CCCN(CCC)C(=O)C1=Cc2ccc(C3=NCc4ccccc4N3)cc2N=C(N)C1.